The third-order valence-corrected chi connectivity index (χ3v) is 8.97. The number of pyridine rings is 1. The van der Waals surface area contributed by atoms with Gasteiger partial charge >= 0.3 is 12.1 Å². The van der Waals surface area contributed by atoms with E-state index in [1.165, 1.54) is 13.2 Å². The van der Waals surface area contributed by atoms with Crippen molar-refractivity contribution >= 4 is 40.9 Å². The van der Waals surface area contributed by atoms with Crippen LogP contribution >= 0.6 is 11.3 Å². The summed E-state index contributed by atoms with van der Waals surface area (Å²) >= 11 is 1.63. The van der Waals surface area contributed by atoms with Crippen molar-refractivity contribution in [2.45, 2.75) is 66.5 Å². The standard InChI is InChI=1S/C38H42N4O7S/c1-8-13-39-35(44)29-10-9-25(33(41-29)36(45)47-7)26-19-30-27(24-12-15-50-31(24)11-14-48-30)18-28(26)34(43)42-32-21(2)16-23(17-22(32)3)20-40-37(46)49-38(4,5)6/h9-10,12,15-19H,8,11,13-14,20H2,1-7H3,(H,39,44)(H,40,46)(H,42,43). The third-order valence-electron chi connectivity index (χ3n) is 7.99. The Labute approximate surface area is 295 Å². The second-order valence-electron chi connectivity index (χ2n) is 13.0. The van der Waals surface area contributed by atoms with Crippen molar-refractivity contribution in [1.82, 2.24) is 15.6 Å². The lowest BCUT2D eigenvalue weighted by molar-refractivity contribution is 0.0522. The molecule has 11 nitrogen and oxygen atoms in total. The first-order chi connectivity index (χ1) is 23.8. The summed E-state index contributed by atoms with van der Waals surface area (Å²) in [5.74, 6) is -1.04. The molecule has 12 heteroatoms. The molecule has 0 fully saturated rings. The Hall–Kier alpha value is -5.23. The lowest BCUT2D eigenvalue weighted by Gasteiger charge is -2.20. The molecule has 0 atom stereocenters. The average Bonchev–Trinajstić information content (AvgIpc) is 3.47. The van der Waals surface area contributed by atoms with Gasteiger partial charge in [-0.3, -0.25) is 9.59 Å². The molecular weight excluding hydrogens is 657 g/mol. The van der Waals surface area contributed by atoms with Gasteiger partial charge in [-0.15, -0.1) is 11.3 Å². The Morgan fingerprint density at radius 1 is 0.920 bits per heavy atom. The van der Waals surface area contributed by atoms with E-state index in [0.29, 0.717) is 42.1 Å². The van der Waals surface area contributed by atoms with Crippen LogP contribution in [0.2, 0.25) is 0 Å². The molecule has 0 unspecified atom stereocenters. The van der Waals surface area contributed by atoms with Crippen LogP contribution in [0, 0.1) is 13.8 Å². The highest BCUT2D eigenvalue weighted by Crippen LogP contribution is 2.43. The second kappa shape index (κ2) is 15.1. The van der Waals surface area contributed by atoms with Gasteiger partial charge in [-0.1, -0.05) is 19.1 Å². The van der Waals surface area contributed by atoms with E-state index in [4.69, 9.17) is 14.2 Å². The molecule has 0 spiro atoms. The normalized spacial score (nSPS) is 12.1. The number of methoxy groups -OCH3 is 1. The highest BCUT2D eigenvalue weighted by atomic mass is 32.1. The molecule has 1 aliphatic rings. The fourth-order valence-corrected chi connectivity index (χ4v) is 6.63. The number of nitrogens with one attached hydrogen (secondary N) is 3. The van der Waals surface area contributed by atoms with E-state index in [-0.39, 0.29) is 23.5 Å². The number of rotatable bonds is 9. The number of thiophene rings is 1. The van der Waals surface area contributed by atoms with Crippen LogP contribution in [-0.2, 0) is 22.4 Å². The van der Waals surface area contributed by atoms with Gasteiger partial charge in [0.2, 0.25) is 0 Å². The number of hydrogen-bond donors (Lipinski definition) is 3. The molecule has 2 aromatic heterocycles. The van der Waals surface area contributed by atoms with E-state index >= 15 is 0 Å². The van der Waals surface area contributed by atoms with Crippen molar-refractivity contribution in [3.8, 4) is 28.0 Å². The van der Waals surface area contributed by atoms with Crippen LogP contribution in [0.1, 0.15) is 87.0 Å². The fraction of sp³-hybridized carbons (Fsp3) is 0.342. The largest absolute Gasteiger partial charge is 0.493 e. The molecule has 50 heavy (non-hydrogen) atoms. The number of anilines is 1. The number of fused-ring (bicyclic) bond motifs is 3. The molecule has 3 amide bonds. The quantitative estimate of drug-likeness (QED) is 0.155. The van der Waals surface area contributed by atoms with Crippen LogP contribution < -0.4 is 20.7 Å². The highest BCUT2D eigenvalue weighted by Gasteiger charge is 2.27. The zero-order valence-corrected chi connectivity index (χ0v) is 30.2. The molecule has 0 radical (unpaired) electrons. The van der Waals surface area contributed by atoms with Crippen molar-refractivity contribution in [3.05, 3.63) is 86.4 Å². The number of hydrogen-bond acceptors (Lipinski definition) is 9. The molecule has 3 heterocycles. The smallest absolute Gasteiger partial charge is 0.407 e. The minimum absolute atomic E-state index is 0.0509. The molecular formula is C38H42N4O7S. The SMILES string of the molecule is CCCNC(=O)c1ccc(-c2cc3c(cc2C(=O)Nc2c(C)cc(CNC(=O)OC(C)(C)C)cc2C)-c2ccsc2CCO3)c(C(=O)OC)n1. The van der Waals surface area contributed by atoms with Crippen molar-refractivity contribution in [1.29, 1.82) is 0 Å². The van der Waals surface area contributed by atoms with Gasteiger partial charge in [0.05, 0.1) is 13.7 Å². The molecule has 262 valence electrons. The third kappa shape index (κ3) is 8.14. The van der Waals surface area contributed by atoms with Crippen molar-refractivity contribution in [3.63, 3.8) is 0 Å². The van der Waals surface area contributed by atoms with Gasteiger partial charge in [-0.25, -0.2) is 14.6 Å². The maximum Gasteiger partial charge on any atom is 0.407 e. The molecule has 0 saturated heterocycles. The fourth-order valence-electron chi connectivity index (χ4n) is 5.75. The zero-order chi connectivity index (χ0) is 36.2. The maximum absolute atomic E-state index is 14.4. The van der Waals surface area contributed by atoms with Crippen molar-refractivity contribution < 1.29 is 33.4 Å². The Bertz CT molecular complexity index is 1940. The van der Waals surface area contributed by atoms with Gasteiger partial charge < -0.3 is 30.2 Å². The number of aromatic nitrogens is 1. The number of alkyl carbamates (subject to hydrolysis) is 1. The van der Waals surface area contributed by atoms with E-state index in [9.17, 15) is 19.2 Å². The van der Waals surface area contributed by atoms with Gasteiger partial charge in [0.25, 0.3) is 11.8 Å². The number of amides is 3. The number of carbonyl (C=O) groups excluding carboxylic acids is 4. The molecule has 4 aromatic rings. The molecule has 3 N–H and O–H groups in total. The van der Waals surface area contributed by atoms with Gasteiger partial charge in [0.1, 0.15) is 17.0 Å². The minimum Gasteiger partial charge on any atom is -0.493 e. The second-order valence-corrected chi connectivity index (χ2v) is 14.0. The summed E-state index contributed by atoms with van der Waals surface area (Å²) in [5.41, 5.74) is 5.07. The van der Waals surface area contributed by atoms with E-state index in [1.54, 1.807) is 50.3 Å². The summed E-state index contributed by atoms with van der Waals surface area (Å²) < 4.78 is 16.6. The van der Waals surface area contributed by atoms with Crippen molar-refractivity contribution in [2.75, 3.05) is 25.6 Å². The number of nitrogens with zero attached hydrogens (tertiary/aromatic N) is 1. The number of benzene rings is 2. The van der Waals surface area contributed by atoms with E-state index < -0.39 is 29.5 Å². The van der Waals surface area contributed by atoms with Crippen LogP contribution in [0.4, 0.5) is 10.5 Å². The predicted octanol–water partition coefficient (Wildman–Crippen LogP) is 7.23. The predicted molar refractivity (Wildman–Crippen MR) is 193 cm³/mol. The number of ether oxygens (including phenoxy) is 3. The van der Waals surface area contributed by atoms with Crippen LogP contribution in [0.15, 0.2) is 47.8 Å². The first kappa shape index (κ1) is 36.1. The summed E-state index contributed by atoms with van der Waals surface area (Å²) in [6, 6.07) is 12.5. The van der Waals surface area contributed by atoms with Gasteiger partial charge in [-0.05, 0) is 99.0 Å². The molecule has 0 aliphatic carbocycles. The summed E-state index contributed by atoms with van der Waals surface area (Å²) in [5, 5.41) is 10.7. The molecule has 0 bridgehead atoms. The first-order valence-electron chi connectivity index (χ1n) is 16.4. The molecule has 5 rings (SSSR count). The lowest BCUT2D eigenvalue weighted by Crippen LogP contribution is -2.32. The Balaban J connectivity index is 1.57. The van der Waals surface area contributed by atoms with E-state index in [2.05, 4.69) is 20.9 Å². The first-order valence-corrected chi connectivity index (χ1v) is 17.3. The van der Waals surface area contributed by atoms with Crippen LogP contribution in [-0.4, -0.2) is 54.7 Å². The van der Waals surface area contributed by atoms with Crippen molar-refractivity contribution in [2.24, 2.45) is 0 Å². The summed E-state index contributed by atoms with van der Waals surface area (Å²) in [4.78, 5) is 58.1. The van der Waals surface area contributed by atoms with E-state index in [1.807, 2.05) is 44.4 Å². The molecule has 2 aromatic carbocycles. The Morgan fingerprint density at radius 2 is 1.66 bits per heavy atom. The van der Waals surface area contributed by atoms with E-state index in [0.717, 1.165) is 39.1 Å². The summed E-state index contributed by atoms with van der Waals surface area (Å²) in [6.07, 6.45) is 0.925. The average molecular weight is 699 g/mol. The lowest BCUT2D eigenvalue weighted by atomic mass is 9.92. The monoisotopic (exact) mass is 698 g/mol. The highest BCUT2D eigenvalue weighted by molar-refractivity contribution is 7.10. The number of aryl methyl sites for hydroxylation is 2. The zero-order valence-electron chi connectivity index (χ0n) is 29.4. The van der Waals surface area contributed by atoms with Crippen LogP contribution in [0.3, 0.4) is 0 Å². The van der Waals surface area contributed by atoms with Gasteiger partial charge in [0, 0.05) is 52.3 Å². The van der Waals surface area contributed by atoms with Gasteiger partial charge in [-0.2, -0.15) is 0 Å². The number of esters is 1. The summed E-state index contributed by atoms with van der Waals surface area (Å²) in [7, 11) is 1.24. The molecule has 0 saturated carbocycles. The number of carbonyl (C=O) groups is 4. The van der Waals surface area contributed by atoms with Crippen LogP contribution in [0.5, 0.6) is 5.75 Å². The Morgan fingerprint density at radius 3 is 2.34 bits per heavy atom. The Kier molecular flexibility index (Phi) is 10.9. The topological polar surface area (TPSA) is 145 Å². The minimum atomic E-state index is -0.755. The molecule has 1 aliphatic heterocycles. The van der Waals surface area contributed by atoms with Gasteiger partial charge in [0.15, 0.2) is 5.69 Å². The maximum atomic E-state index is 14.4. The van der Waals surface area contributed by atoms with Crippen LogP contribution in [0.25, 0.3) is 22.3 Å². The summed E-state index contributed by atoms with van der Waals surface area (Å²) in [6.45, 7) is 12.2.